The molecule has 8 nitrogen and oxygen atoms in total. The van der Waals surface area contributed by atoms with Crippen molar-refractivity contribution in [3.05, 3.63) is 44.9 Å². The van der Waals surface area contributed by atoms with Crippen molar-refractivity contribution in [3.8, 4) is 5.69 Å². The Morgan fingerprint density at radius 3 is 2.76 bits per heavy atom. The van der Waals surface area contributed by atoms with Crippen LogP contribution in [0.15, 0.2) is 18.2 Å². The standard InChI is InChI=1S/C12H11ClN4O4/c1-6-15-10(12(18)21-2)11(14)16(6)7-3-4-8(13)9(5-7)17(19)20/h3-5H,14H2,1-2H3. The highest BCUT2D eigenvalue weighted by Gasteiger charge is 2.22. The van der Waals surface area contributed by atoms with Crippen molar-refractivity contribution in [2.75, 3.05) is 12.8 Å². The van der Waals surface area contributed by atoms with E-state index in [1.165, 1.54) is 23.8 Å². The minimum Gasteiger partial charge on any atom is -0.464 e. The Hall–Kier alpha value is -2.61. The minimum atomic E-state index is -0.683. The molecular weight excluding hydrogens is 300 g/mol. The topological polar surface area (TPSA) is 113 Å². The van der Waals surface area contributed by atoms with Crippen LogP contribution in [-0.4, -0.2) is 27.6 Å². The minimum absolute atomic E-state index is 0.00767. The molecule has 0 unspecified atom stereocenters. The fourth-order valence-corrected chi connectivity index (χ4v) is 2.09. The van der Waals surface area contributed by atoms with Gasteiger partial charge in [0.05, 0.1) is 17.7 Å². The number of nitrogen functional groups attached to an aromatic ring is 1. The normalized spacial score (nSPS) is 10.4. The molecule has 0 spiro atoms. The number of imidazole rings is 1. The van der Waals surface area contributed by atoms with Gasteiger partial charge in [0.1, 0.15) is 16.7 Å². The average Bonchev–Trinajstić information content (AvgIpc) is 2.74. The Kier molecular flexibility index (Phi) is 3.81. The molecule has 0 bridgehead atoms. The molecule has 0 saturated carbocycles. The number of esters is 1. The van der Waals surface area contributed by atoms with Gasteiger partial charge in [-0.15, -0.1) is 0 Å². The zero-order valence-corrected chi connectivity index (χ0v) is 11.9. The summed E-state index contributed by atoms with van der Waals surface area (Å²) in [5.74, 6) is -0.252. The summed E-state index contributed by atoms with van der Waals surface area (Å²) in [4.78, 5) is 25.9. The van der Waals surface area contributed by atoms with Crippen LogP contribution < -0.4 is 5.73 Å². The summed E-state index contributed by atoms with van der Waals surface area (Å²) in [5, 5.41) is 10.9. The second-order valence-corrected chi connectivity index (χ2v) is 4.52. The molecule has 0 aliphatic rings. The molecule has 0 radical (unpaired) electrons. The van der Waals surface area contributed by atoms with Crippen molar-refractivity contribution < 1.29 is 14.5 Å². The maximum atomic E-state index is 11.6. The third-order valence-electron chi connectivity index (χ3n) is 2.84. The third-order valence-corrected chi connectivity index (χ3v) is 3.16. The van der Waals surface area contributed by atoms with Crippen LogP contribution >= 0.6 is 11.6 Å². The predicted molar refractivity (Wildman–Crippen MR) is 75.7 cm³/mol. The van der Waals surface area contributed by atoms with Crippen LogP contribution in [0.4, 0.5) is 11.5 Å². The van der Waals surface area contributed by atoms with E-state index in [1.54, 1.807) is 13.0 Å². The van der Waals surface area contributed by atoms with Crippen molar-refractivity contribution in [1.29, 1.82) is 0 Å². The van der Waals surface area contributed by atoms with E-state index in [2.05, 4.69) is 9.72 Å². The van der Waals surface area contributed by atoms with Gasteiger partial charge in [0, 0.05) is 6.07 Å². The summed E-state index contributed by atoms with van der Waals surface area (Å²) in [7, 11) is 1.21. The molecular formula is C12H11ClN4O4. The number of methoxy groups -OCH3 is 1. The number of aromatic nitrogens is 2. The Morgan fingerprint density at radius 1 is 1.52 bits per heavy atom. The molecule has 0 atom stereocenters. The maximum Gasteiger partial charge on any atom is 0.360 e. The van der Waals surface area contributed by atoms with Gasteiger partial charge in [0.2, 0.25) is 0 Å². The molecule has 2 rings (SSSR count). The highest BCUT2D eigenvalue weighted by Crippen LogP contribution is 2.29. The van der Waals surface area contributed by atoms with Crippen LogP contribution in [0.25, 0.3) is 5.69 Å². The molecule has 0 aliphatic carbocycles. The highest BCUT2D eigenvalue weighted by molar-refractivity contribution is 6.32. The molecule has 110 valence electrons. The Labute approximate surface area is 124 Å². The van der Waals surface area contributed by atoms with Gasteiger partial charge in [-0.2, -0.15) is 0 Å². The lowest BCUT2D eigenvalue weighted by atomic mass is 10.2. The first kappa shape index (κ1) is 14.8. The Balaban J connectivity index is 2.63. The van der Waals surface area contributed by atoms with Crippen molar-refractivity contribution in [1.82, 2.24) is 9.55 Å². The first-order valence-corrected chi connectivity index (χ1v) is 6.12. The number of carbonyl (C=O) groups excluding carboxylic acids is 1. The number of nitrogens with two attached hydrogens (primary N) is 1. The lowest BCUT2D eigenvalue weighted by Crippen LogP contribution is -2.08. The van der Waals surface area contributed by atoms with Crippen LogP contribution in [0, 0.1) is 17.0 Å². The molecule has 2 N–H and O–H groups in total. The number of rotatable bonds is 3. The van der Waals surface area contributed by atoms with E-state index in [9.17, 15) is 14.9 Å². The number of carbonyl (C=O) groups is 1. The lowest BCUT2D eigenvalue weighted by molar-refractivity contribution is -0.384. The fraction of sp³-hybridized carbons (Fsp3) is 0.167. The number of nitro benzene ring substituents is 1. The van der Waals surface area contributed by atoms with Crippen LogP contribution in [0.5, 0.6) is 0 Å². The summed E-state index contributed by atoms with van der Waals surface area (Å²) in [5.41, 5.74) is 5.94. The van der Waals surface area contributed by atoms with Gasteiger partial charge in [-0.1, -0.05) is 11.6 Å². The van der Waals surface area contributed by atoms with E-state index in [4.69, 9.17) is 17.3 Å². The van der Waals surface area contributed by atoms with Gasteiger partial charge >= 0.3 is 5.97 Å². The van der Waals surface area contributed by atoms with Crippen molar-refractivity contribution in [2.24, 2.45) is 0 Å². The molecule has 0 fully saturated rings. The predicted octanol–water partition coefficient (Wildman–Crippen LogP) is 2.11. The number of anilines is 1. The number of ether oxygens (including phenoxy) is 1. The van der Waals surface area contributed by atoms with E-state index in [-0.39, 0.29) is 22.2 Å². The first-order valence-electron chi connectivity index (χ1n) is 5.74. The largest absolute Gasteiger partial charge is 0.464 e. The van der Waals surface area contributed by atoms with E-state index < -0.39 is 10.9 Å². The number of aryl methyl sites for hydroxylation is 1. The van der Waals surface area contributed by atoms with Gasteiger partial charge in [-0.25, -0.2) is 9.78 Å². The zero-order chi connectivity index (χ0) is 15.7. The van der Waals surface area contributed by atoms with E-state index in [0.29, 0.717) is 11.5 Å². The Bertz CT molecular complexity index is 741. The number of halogens is 1. The van der Waals surface area contributed by atoms with Crippen molar-refractivity contribution in [3.63, 3.8) is 0 Å². The summed E-state index contributed by atoms with van der Waals surface area (Å²) in [6.45, 7) is 1.61. The monoisotopic (exact) mass is 310 g/mol. The number of benzene rings is 1. The zero-order valence-electron chi connectivity index (χ0n) is 11.2. The molecule has 0 amide bonds. The van der Waals surface area contributed by atoms with Crippen LogP contribution in [0.3, 0.4) is 0 Å². The fourth-order valence-electron chi connectivity index (χ4n) is 1.90. The summed E-state index contributed by atoms with van der Waals surface area (Å²) in [6, 6.07) is 4.18. The highest BCUT2D eigenvalue weighted by atomic mass is 35.5. The van der Waals surface area contributed by atoms with Gasteiger partial charge in [0.25, 0.3) is 5.69 Å². The third kappa shape index (κ3) is 2.52. The lowest BCUT2D eigenvalue weighted by Gasteiger charge is -2.08. The van der Waals surface area contributed by atoms with Gasteiger partial charge in [-0.3, -0.25) is 14.7 Å². The van der Waals surface area contributed by atoms with Crippen LogP contribution in [-0.2, 0) is 4.74 Å². The SMILES string of the molecule is COC(=O)c1nc(C)n(-c2ccc(Cl)c([N+](=O)[O-])c2)c1N. The molecule has 2 aromatic rings. The summed E-state index contributed by atoms with van der Waals surface area (Å²) < 4.78 is 5.99. The molecule has 9 heteroatoms. The van der Waals surface area contributed by atoms with Crippen LogP contribution in [0.2, 0.25) is 5.02 Å². The number of nitrogens with zero attached hydrogens (tertiary/aromatic N) is 3. The maximum absolute atomic E-state index is 11.6. The number of nitro groups is 1. The van der Waals surface area contributed by atoms with E-state index >= 15 is 0 Å². The van der Waals surface area contributed by atoms with Crippen molar-refractivity contribution >= 4 is 29.1 Å². The summed E-state index contributed by atoms with van der Waals surface area (Å²) >= 11 is 5.76. The quantitative estimate of drug-likeness (QED) is 0.527. The van der Waals surface area contributed by atoms with Gasteiger partial charge < -0.3 is 10.5 Å². The molecule has 0 aliphatic heterocycles. The second-order valence-electron chi connectivity index (χ2n) is 4.11. The second kappa shape index (κ2) is 5.41. The molecule has 1 aromatic carbocycles. The Morgan fingerprint density at radius 2 is 2.19 bits per heavy atom. The molecule has 1 aromatic heterocycles. The first-order chi connectivity index (χ1) is 9.86. The molecule has 0 saturated heterocycles. The number of hydrogen-bond donors (Lipinski definition) is 1. The van der Waals surface area contributed by atoms with Gasteiger partial charge in [-0.05, 0) is 19.1 Å². The van der Waals surface area contributed by atoms with Crippen LogP contribution in [0.1, 0.15) is 16.3 Å². The molecule has 1 heterocycles. The smallest absolute Gasteiger partial charge is 0.360 e. The van der Waals surface area contributed by atoms with E-state index in [0.717, 1.165) is 0 Å². The number of hydrogen-bond acceptors (Lipinski definition) is 6. The van der Waals surface area contributed by atoms with Crippen molar-refractivity contribution in [2.45, 2.75) is 6.92 Å². The molecule has 21 heavy (non-hydrogen) atoms. The van der Waals surface area contributed by atoms with E-state index in [1.807, 2.05) is 0 Å². The summed E-state index contributed by atoms with van der Waals surface area (Å²) in [6.07, 6.45) is 0. The van der Waals surface area contributed by atoms with Gasteiger partial charge in [0.15, 0.2) is 5.69 Å². The average molecular weight is 311 g/mol.